The largest absolute Gasteiger partial charge is 0.373 e. The maximum Gasteiger partial charge on any atom is 0.0454 e. The fraction of sp³-hybridized carbons (Fsp3) is 0.500. The van der Waals surface area contributed by atoms with Crippen LogP contribution in [0.1, 0.15) is 11.1 Å². The summed E-state index contributed by atoms with van der Waals surface area (Å²) in [5.74, 6) is 0. The van der Waals surface area contributed by atoms with Gasteiger partial charge in [-0.1, -0.05) is 0 Å². The van der Waals surface area contributed by atoms with Crippen LogP contribution in [0.2, 0.25) is 0 Å². The summed E-state index contributed by atoms with van der Waals surface area (Å²) in [4.78, 5) is 6.30. The number of aromatic nitrogens is 1. The highest BCUT2D eigenvalue weighted by molar-refractivity contribution is 5.56. The zero-order valence-corrected chi connectivity index (χ0v) is 8.54. The van der Waals surface area contributed by atoms with Gasteiger partial charge < -0.3 is 10.6 Å². The molecule has 1 heterocycles. The van der Waals surface area contributed by atoms with E-state index in [1.54, 1.807) is 0 Å². The van der Waals surface area contributed by atoms with Crippen molar-refractivity contribution in [1.82, 2.24) is 4.98 Å². The Labute approximate surface area is 79.6 Å². The second kappa shape index (κ2) is 4.23. The topological polar surface area (TPSA) is 42.2 Å². The number of anilines is 1. The Morgan fingerprint density at radius 2 is 1.85 bits per heavy atom. The van der Waals surface area contributed by atoms with Crippen molar-refractivity contribution in [3.63, 3.8) is 0 Å². The molecule has 13 heavy (non-hydrogen) atoms. The number of pyridine rings is 1. The summed E-state index contributed by atoms with van der Waals surface area (Å²) < 4.78 is 0. The summed E-state index contributed by atoms with van der Waals surface area (Å²) in [5.41, 5.74) is 9.17. The van der Waals surface area contributed by atoms with Gasteiger partial charge in [0, 0.05) is 38.2 Å². The van der Waals surface area contributed by atoms with Gasteiger partial charge in [0.2, 0.25) is 0 Å². The Morgan fingerprint density at radius 1 is 1.31 bits per heavy atom. The molecule has 0 saturated carbocycles. The summed E-state index contributed by atoms with van der Waals surface area (Å²) in [6.45, 7) is 5.70. The summed E-state index contributed by atoms with van der Waals surface area (Å²) in [6, 6.07) is 0. The monoisotopic (exact) mass is 179 g/mol. The molecule has 3 heteroatoms. The van der Waals surface area contributed by atoms with Gasteiger partial charge in [-0.15, -0.1) is 0 Å². The summed E-state index contributed by atoms with van der Waals surface area (Å²) >= 11 is 0. The summed E-state index contributed by atoms with van der Waals surface area (Å²) in [7, 11) is 2.06. The van der Waals surface area contributed by atoms with E-state index in [2.05, 4.69) is 30.8 Å². The normalized spacial score (nSPS) is 10.2. The van der Waals surface area contributed by atoms with E-state index in [1.807, 2.05) is 12.4 Å². The third kappa shape index (κ3) is 2.18. The third-order valence-electron chi connectivity index (χ3n) is 2.13. The molecule has 0 saturated heterocycles. The lowest BCUT2D eigenvalue weighted by Crippen LogP contribution is -2.26. The van der Waals surface area contributed by atoms with Gasteiger partial charge in [0.15, 0.2) is 0 Å². The molecule has 1 aromatic heterocycles. The van der Waals surface area contributed by atoms with E-state index in [9.17, 15) is 0 Å². The van der Waals surface area contributed by atoms with Gasteiger partial charge in [0.05, 0.1) is 0 Å². The van der Waals surface area contributed by atoms with Gasteiger partial charge in [-0.3, -0.25) is 4.98 Å². The zero-order chi connectivity index (χ0) is 9.84. The molecule has 3 nitrogen and oxygen atoms in total. The van der Waals surface area contributed by atoms with Crippen LogP contribution in [0.5, 0.6) is 0 Å². The van der Waals surface area contributed by atoms with E-state index in [0.717, 1.165) is 6.54 Å². The molecule has 1 aromatic rings. The fourth-order valence-electron chi connectivity index (χ4n) is 1.60. The predicted molar refractivity (Wildman–Crippen MR) is 56.0 cm³/mol. The molecule has 0 aliphatic heterocycles. The Balaban J connectivity index is 2.98. The molecular weight excluding hydrogens is 162 g/mol. The Morgan fingerprint density at radius 3 is 2.31 bits per heavy atom. The van der Waals surface area contributed by atoms with Crippen LogP contribution >= 0.6 is 0 Å². The van der Waals surface area contributed by atoms with Crippen molar-refractivity contribution in [2.45, 2.75) is 13.8 Å². The Bertz CT molecular complexity index is 263. The quantitative estimate of drug-likeness (QED) is 0.755. The number of aryl methyl sites for hydroxylation is 2. The smallest absolute Gasteiger partial charge is 0.0454 e. The van der Waals surface area contributed by atoms with Gasteiger partial charge >= 0.3 is 0 Å². The first-order valence-corrected chi connectivity index (χ1v) is 4.49. The highest BCUT2D eigenvalue weighted by atomic mass is 15.1. The van der Waals surface area contributed by atoms with Crippen LogP contribution < -0.4 is 10.6 Å². The molecule has 72 valence electrons. The van der Waals surface area contributed by atoms with Gasteiger partial charge in [0.25, 0.3) is 0 Å². The first-order chi connectivity index (χ1) is 6.16. The molecule has 0 amide bonds. The summed E-state index contributed by atoms with van der Waals surface area (Å²) in [5, 5.41) is 0. The van der Waals surface area contributed by atoms with E-state index in [-0.39, 0.29) is 0 Å². The van der Waals surface area contributed by atoms with Crippen LogP contribution in [0.3, 0.4) is 0 Å². The van der Waals surface area contributed by atoms with E-state index in [0.29, 0.717) is 6.54 Å². The second-order valence-corrected chi connectivity index (χ2v) is 3.33. The average Bonchev–Trinajstić information content (AvgIpc) is 2.04. The first kappa shape index (κ1) is 9.99. The molecule has 0 aliphatic carbocycles. The first-order valence-electron chi connectivity index (χ1n) is 4.49. The number of nitrogens with two attached hydrogens (primary N) is 1. The molecule has 0 radical (unpaired) electrons. The van der Waals surface area contributed by atoms with E-state index >= 15 is 0 Å². The molecule has 1 rings (SSSR count). The third-order valence-corrected chi connectivity index (χ3v) is 2.13. The van der Waals surface area contributed by atoms with Gasteiger partial charge in [-0.05, 0) is 25.0 Å². The zero-order valence-electron chi connectivity index (χ0n) is 8.54. The standard InChI is InChI=1S/C10H17N3/c1-8-6-12-7-9(2)10(8)13(3)5-4-11/h6-7H,4-5,11H2,1-3H3. The minimum Gasteiger partial charge on any atom is -0.373 e. The minimum absolute atomic E-state index is 0.678. The molecule has 0 unspecified atom stereocenters. The van der Waals surface area contributed by atoms with Crippen LogP contribution in [0.25, 0.3) is 0 Å². The van der Waals surface area contributed by atoms with Crippen molar-refractivity contribution in [3.05, 3.63) is 23.5 Å². The van der Waals surface area contributed by atoms with Crippen LogP contribution in [0, 0.1) is 13.8 Å². The second-order valence-electron chi connectivity index (χ2n) is 3.33. The molecule has 0 aromatic carbocycles. The fourth-order valence-corrected chi connectivity index (χ4v) is 1.60. The number of likely N-dealkylation sites (N-methyl/N-ethyl adjacent to an activating group) is 1. The van der Waals surface area contributed by atoms with Crippen LogP contribution in [-0.2, 0) is 0 Å². The van der Waals surface area contributed by atoms with Gasteiger partial charge in [-0.25, -0.2) is 0 Å². The molecule has 0 fully saturated rings. The number of nitrogens with zero attached hydrogens (tertiary/aromatic N) is 2. The number of hydrogen-bond acceptors (Lipinski definition) is 3. The molecule has 0 atom stereocenters. The molecule has 0 bridgehead atoms. The van der Waals surface area contributed by atoms with E-state index in [1.165, 1.54) is 16.8 Å². The van der Waals surface area contributed by atoms with Gasteiger partial charge in [0.1, 0.15) is 0 Å². The van der Waals surface area contributed by atoms with Crippen LogP contribution in [0.4, 0.5) is 5.69 Å². The van der Waals surface area contributed by atoms with Crippen LogP contribution in [0.15, 0.2) is 12.4 Å². The Kier molecular flexibility index (Phi) is 3.25. The van der Waals surface area contributed by atoms with E-state index < -0.39 is 0 Å². The predicted octanol–water partition coefficient (Wildman–Crippen LogP) is 1.09. The highest BCUT2D eigenvalue weighted by Gasteiger charge is 2.06. The van der Waals surface area contributed by atoms with Crippen molar-refractivity contribution in [2.24, 2.45) is 5.73 Å². The van der Waals surface area contributed by atoms with Crippen molar-refractivity contribution >= 4 is 5.69 Å². The highest BCUT2D eigenvalue weighted by Crippen LogP contribution is 2.21. The lowest BCUT2D eigenvalue weighted by molar-refractivity contribution is 0.875. The molecule has 0 aliphatic rings. The average molecular weight is 179 g/mol. The van der Waals surface area contributed by atoms with Crippen molar-refractivity contribution in [1.29, 1.82) is 0 Å². The molecule has 2 N–H and O–H groups in total. The summed E-state index contributed by atoms with van der Waals surface area (Å²) in [6.07, 6.45) is 3.77. The SMILES string of the molecule is Cc1cncc(C)c1N(C)CCN. The number of rotatable bonds is 3. The maximum absolute atomic E-state index is 5.51. The lowest BCUT2D eigenvalue weighted by Gasteiger charge is -2.22. The molecule has 0 spiro atoms. The van der Waals surface area contributed by atoms with E-state index in [4.69, 9.17) is 5.73 Å². The lowest BCUT2D eigenvalue weighted by atomic mass is 10.1. The van der Waals surface area contributed by atoms with Crippen molar-refractivity contribution in [2.75, 3.05) is 25.0 Å². The minimum atomic E-state index is 0.678. The molecular formula is C10H17N3. The number of hydrogen-bond donors (Lipinski definition) is 1. The van der Waals surface area contributed by atoms with Crippen molar-refractivity contribution < 1.29 is 0 Å². The maximum atomic E-state index is 5.51. The van der Waals surface area contributed by atoms with Crippen LogP contribution in [-0.4, -0.2) is 25.1 Å². The van der Waals surface area contributed by atoms with Gasteiger partial charge in [-0.2, -0.15) is 0 Å². The Hall–Kier alpha value is -1.09. The van der Waals surface area contributed by atoms with Crippen molar-refractivity contribution in [3.8, 4) is 0 Å².